The Morgan fingerprint density at radius 1 is 0.984 bits per heavy atom. The first-order valence-electron chi connectivity index (χ1n) is 20.0. The van der Waals surface area contributed by atoms with Gasteiger partial charge in [0.25, 0.3) is 11.8 Å². The van der Waals surface area contributed by atoms with Crippen molar-refractivity contribution in [3.63, 3.8) is 0 Å². The van der Waals surface area contributed by atoms with E-state index in [-0.39, 0.29) is 30.1 Å². The van der Waals surface area contributed by atoms with Gasteiger partial charge in [0.2, 0.25) is 5.91 Å². The summed E-state index contributed by atoms with van der Waals surface area (Å²) in [5.41, 5.74) is 0.0871. The Kier molecular flexibility index (Phi) is 12.4. The number of hydrogen-bond acceptors (Lipinski definition) is 9. The summed E-state index contributed by atoms with van der Waals surface area (Å²) in [5.74, 6) is -0.326. The van der Waals surface area contributed by atoms with Crippen LogP contribution in [0.2, 0.25) is 0 Å². The molecule has 3 aromatic carbocycles. The largest absolute Gasteiger partial charge is 0.457 e. The molecular weight excluding hydrogens is 794 g/mol. The molecule has 3 heterocycles. The molecule has 0 saturated heterocycles. The fraction of sp³-hybridized carbons (Fsp3) is 0.364. The molecular formula is C44H47F3N8O6. The van der Waals surface area contributed by atoms with E-state index in [2.05, 4.69) is 31.2 Å². The molecule has 2 aromatic heterocycles. The van der Waals surface area contributed by atoms with Gasteiger partial charge in [-0.15, -0.1) is 0 Å². The number of rotatable bonds is 13. The number of carbonyl (C=O) groups excluding carboxylic acids is 4. The monoisotopic (exact) mass is 840 g/mol. The van der Waals surface area contributed by atoms with Gasteiger partial charge in [-0.1, -0.05) is 30.3 Å². The third-order valence-electron chi connectivity index (χ3n) is 10.9. The Labute approximate surface area is 349 Å². The molecule has 5 N–H and O–H groups in total. The predicted octanol–water partition coefficient (Wildman–Crippen LogP) is 6.70. The zero-order chi connectivity index (χ0) is 43.5. The number of urea groups is 1. The number of nitrogens with one attached hydrogen (secondary N) is 4. The van der Waals surface area contributed by atoms with Crippen molar-refractivity contribution in [2.75, 3.05) is 32.0 Å². The smallest absolute Gasteiger partial charge is 0.433 e. The van der Waals surface area contributed by atoms with E-state index >= 15 is 0 Å². The van der Waals surface area contributed by atoms with E-state index in [0.29, 0.717) is 64.6 Å². The summed E-state index contributed by atoms with van der Waals surface area (Å²) >= 11 is 0. The summed E-state index contributed by atoms with van der Waals surface area (Å²) in [5, 5.41) is 27.2. The van der Waals surface area contributed by atoms with Gasteiger partial charge in [-0.2, -0.15) is 18.3 Å². The Balaban J connectivity index is 0.848. The van der Waals surface area contributed by atoms with E-state index < -0.39 is 35.0 Å². The quantitative estimate of drug-likeness (QED) is 0.0808. The highest BCUT2D eigenvalue weighted by Crippen LogP contribution is 2.36. The average Bonchev–Trinajstić information content (AvgIpc) is 3.63. The number of halogens is 3. The van der Waals surface area contributed by atoms with Crippen LogP contribution in [-0.2, 0) is 29.5 Å². The Bertz CT molecular complexity index is 2440. The van der Waals surface area contributed by atoms with Crippen LogP contribution in [-0.4, -0.2) is 75.2 Å². The van der Waals surface area contributed by atoms with Crippen LogP contribution < -0.4 is 26.0 Å². The van der Waals surface area contributed by atoms with Gasteiger partial charge in [0.05, 0.1) is 29.1 Å². The second kappa shape index (κ2) is 17.7. The van der Waals surface area contributed by atoms with E-state index in [1.165, 1.54) is 6.07 Å². The predicted molar refractivity (Wildman–Crippen MR) is 220 cm³/mol. The van der Waals surface area contributed by atoms with E-state index in [9.17, 15) is 37.5 Å². The SMILES string of the molecule is CN(CCNC(=O)NCc1ccc(Oc2cccc3c2C(=O)NC(=O)C3)cc1)C[C@H]1CC[C@H](n2cc3cc(NC(=O)c4cccc(C(F)(F)F)n4)c(C(C)(C)O)cc3n2)CC1. The van der Waals surface area contributed by atoms with Crippen molar-refractivity contribution < 1.29 is 42.2 Å². The normalized spacial score (nSPS) is 16.9. The number of pyridine rings is 1. The van der Waals surface area contributed by atoms with Gasteiger partial charge in [0, 0.05) is 49.0 Å². The van der Waals surface area contributed by atoms with Gasteiger partial charge in [0.15, 0.2) is 0 Å². The second-order valence-corrected chi connectivity index (χ2v) is 16.1. The van der Waals surface area contributed by atoms with Crippen molar-refractivity contribution in [3.05, 3.63) is 113 Å². The number of anilines is 1. The number of aliphatic hydroxyl groups is 1. The minimum atomic E-state index is -4.70. The highest BCUT2D eigenvalue weighted by Gasteiger charge is 2.33. The lowest BCUT2D eigenvalue weighted by atomic mass is 9.86. The number of carbonyl (C=O) groups is 4. The molecule has 1 fully saturated rings. The van der Waals surface area contributed by atoms with Crippen LogP contribution in [0.15, 0.2) is 79.0 Å². The van der Waals surface area contributed by atoms with Crippen molar-refractivity contribution in [3.8, 4) is 11.5 Å². The Morgan fingerprint density at radius 2 is 1.72 bits per heavy atom. The summed E-state index contributed by atoms with van der Waals surface area (Å²) in [6, 6.07) is 18.7. The molecule has 320 valence electrons. The molecule has 0 spiro atoms. The van der Waals surface area contributed by atoms with Crippen LogP contribution >= 0.6 is 0 Å². The summed E-state index contributed by atoms with van der Waals surface area (Å²) in [4.78, 5) is 55.4. The zero-order valence-corrected chi connectivity index (χ0v) is 33.9. The molecule has 1 aliphatic heterocycles. The molecule has 5 amide bonds. The number of amides is 5. The van der Waals surface area contributed by atoms with Crippen LogP contribution in [0.3, 0.4) is 0 Å². The molecule has 1 saturated carbocycles. The van der Waals surface area contributed by atoms with Crippen molar-refractivity contribution in [2.45, 2.75) is 70.3 Å². The molecule has 7 rings (SSSR count). The van der Waals surface area contributed by atoms with Gasteiger partial charge in [-0.25, -0.2) is 9.78 Å². The summed E-state index contributed by atoms with van der Waals surface area (Å²) in [6.07, 6.45) is 1.06. The maximum atomic E-state index is 13.2. The van der Waals surface area contributed by atoms with Crippen LogP contribution in [0.4, 0.5) is 23.7 Å². The van der Waals surface area contributed by atoms with Crippen LogP contribution in [0.25, 0.3) is 10.9 Å². The molecule has 61 heavy (non-hydrogen) atoms. The number of fused-ring (bicyclic) bond motifs is 2. The lowest BCUT2D eigenvalue weighted by Crippen LogP contribution is -2.40. The van der Waals surface area contributed by atoms with Gasteiger partial charge in [-0.05, 0) is 106 Å². The average molecular weight is 841 g/mol. The van der Waals surface area contributed by atoms with Crippen molar-refractivity contribution in [2.24, 2.45) is 5.92 Å². The maximum Gasteiger partial charge on any atom is 0.433 e. The lowest BCUT2D eigenvalue weighted by molar-refractivity contribution is -0.141. The van der Waals surface area contributed by atoms with Crippen LogP contribution in [0.1, 0.15) is 88.8 Å². The van der Waals surface area contributed by atoms with Gasteiger partial charge >= 0.3 is 12.2 Å². The molecule has 14 nitrogen and oxygen atoms in total. The van der Waals surface area contributed by atoms with Gasteiger partial charge in [-0.3, -0.25) is 24.4 Å². The molecule has 1 aliphatic carbocycles. The van der Waals surface area contributed by atoms with Crippen molar-refractivity contribution in [1.82, 2.24) is 35.6 Å². The first kappa shape index (κ1) is 42.8. The number of alkyl halides is 3. The van der Waals surface area contributed by atoms with E-state index in [4.69, 9.17) is 9.84 Å². The molecule has 17 heteroatoms. The molecule has 2 aliphatic rings. The van der Waals surface area contributed by atoms with Gasteiger partial charge in [0.1, 0.15) is 22.9 Å². The Hall–Kier alpha value is -6.33. The number of likely N-dealkylation sites (N-methyl/N-ethyl adjacent to an activating group) is 1. The standard InChI is InChI=1S/C44H47F3N8O6/c1-43(2,60)32-22-34-29(20-35(32)51-40(57)33-7-5-9-37(50-33)44(45,46)47)25-55(53-34)30-14-10-27(11-15-30)24-54(3)19-18-48-42(59)49-23-26-12-16-31(17-13-26)61-36-8-4-6-28-21-38(56)52-41(58)39(28)36/h4-9,12-13,16-17,20,22,25,27,30,60H,10-11,14-15,18-19,21,23-24H2,1-3H3,(H,51,57)(H2,48,49,59)(H,52,56,58)/t27-,30-. The minimum Gasteiger partial charge on any atom is -0.457 e. The highest BCUT2D eigenvalue weighted by molar-refractivity contribution is 6.11. The summed E-state index contributed by atoms with van der Waals surface area (Å²) in [6.45, 7) is 5.43. The molecule has 0 bridgehead atoms. The number of aromatic nitrogens is 3. The Morgan fingerprint density at radius 3 is 2.44 bits per heavy atom. The molecule has 5 aromatic rings. The fourth-order valence-corrected chi connectivity index (χ4v) is 7.80. The van der Waals surface area contributed by atoms with E-state index in [0.717, 1.165) is 49.9 Å². The minimum absolute atomic E-state index is 0.111. The second-order valence-electron chi connectivity index (χ2n) is 16.1. The van der Waals surface area contributed by atoms with Crippen molar-refractivity contribution in [1.29, 1.82) is 0 Å². The number of benzene rings is 3. The van der Waals surface area contributed by atoms with Crippen molar-refractivity contribution >= 4 is 40.3 Å². The third kappa shape index (κ3) is 10.5. The van der Waals surface area contributed by atoms with Gasteiger partial charge < -0.3 is 30.7 Å². The molecule has 0 radical (unpaired) electrons. The highest BCUT2D eigenvalue weighted by atomic mass is 19.4. The van der Waals surface area contributed by atoms with E-state index in [1.54, 1.807) is 56.3 Å². The lowest BCUT2D eigenvalue weighted by Gasteiger charge is -2.31. The number of imide groups is 1. The summed E-state index contributed by atoms with van der Waals surface area (Å²) < 4.78 is 47.6. The number of hydrogen-bond donors (Lipinski definition) is 5. The first-order chi connectivity index (χ1) is 29.0. The molecule has 0 atom stereocenters. The first-order valence-corrected chi connectivity index (χ1v) is 20.0. The molecule has 0 unspecified atom stereocenters. The van der Waals surface area contributed by atoms with E-state index in [1.807, 2.05) is 30.1 Å². The van der Waals surface area contributed by atoms with Crippen LogP contribution in [0, 0.1) is 5.92 Å². The zero-order valence-electron chi connectivity index (χ0n) is 33.9. The third-order valence-corrected chi connectivity index (χ3v) is 10.9. The maximum absolute atomic E-state index is 13.2. The fourth-order valence-electron chi connectivity index (χ4n) is 7.80. The topological polar surface area (TPSA) is 180 Å². The summed E-state index contributed by atoms with van der Waals surface area (Å²) in [7, 11) is 2.03. The number of ether oxygens (including phenoxy) is 1. The number of nitrogens with zero attached hydrogens (tertiary/aromatic N) is 4. The van der Waals surface area contributed by atoms with Crippen LogP contribution in [0.5, 0.6) is 11.5 Å².